The summed E-state index contributed by atoms with van der Waals surface area (Å²) in [7, 11) is 0. The highest BCUT2D eigenvalue weighted by molar-refractivity contribution is 6.79. The molecule has 5 heteroatoms. The minimum Gasteiger partial charge on any atom is -0.305 e. The molecule has 0 saturated heterocycles. The normalized spacial score (nSPS) is 11.1. The van der Waals surface area contributed by atoms with Crippen LogP contribution < -0.4 is 5.43 Å². The van der Waals surface area contributed by atoms with E-state index in [1.165, 1.54) is 0 Å². The van der Waals surface area contributed by atoms with E-state index in [9.17, 15) is 0 Å². The predicted octanol–water partition coefficient (Wildman–Crippen LogP) is 2.63. The van der Waals surface area contributed by atoms with Crippen LogP contribution in [0.2, 0.25) is 5.02 Å². The molecule has 1 aromatic carbocycles. The summed E-state index contributed by atoms with van der Waals surface area (Å²) >= 11 is 11.2. The van der Waals surface area contributed by atoms with E-state index in [0.717, 1.165) is 11.8 Å². The Balaban J connectivity index is 2.46. The van der Waals surface area contributed by atoms with E-state index >= 15 is 0 Å². The van der Waals surface area contributed by atoms with E-state index in [4.69, 9.17) is 28.6 Å². The van der Waals surface area contributed by atoms with Crippen LogP contribution in [0.25, 0.3) is 0 Å². The average molecular weight is 230 g/mol. The van der Waals surface area contributed by atoms with Crippen LogP contribution in [0, 0.1) is 5.41 Å². The zero-order valence-electron chi connectivity index (χ0n) is 7.30. The first-order valence-electron chi connectivity index (χ1n) is 3.93. The summed E-state index contributed by atoms with van der Waals surface area (Å²) in [4.78, 5) is 0. The molecule has 2 N–H and O–H groups in total. The number of benzene rings is 1. The molecule has 74 valence electrons. The van der Waals surface area contributed by atoms with E-state index in [-0.39, 0.29) is 5.17 Å². The monoisotopic (exact) mass is 229 g/mol. The fourth-order valence-corrected chi connectivity index (χ4v) is 1.03. The fraction of sp³-hybridized carbons (Fsp3) is 0.111. The maximum atomic E-state index is 6.77. The maximum Gasteiger partial charge on any atom is 0.166 e. The van der Waals surface area contributed by atoms with E-state index in [1.54, 1.807) is 12.1 Å². The molecule has 0 radical (unpaired) electrons. The van der Waals surface area contributed by atoms with Gasteiger partial charge in [-0.2, -0.15) is 5.10 Å². The van der Waals surface area contributed by atoms with E-state index in [2.05, 4.69) is 10.5 Å². The Morgan fingerprint density at radius 3 is 2.64 bits per heavy atom. The average Bonchev–Trinajstić information content (AvgIpc) is 2.21. The van der Waals surface area contributed by atoms with Gasteiger partial charge >= 0.3 is 0 Å². The number of nitrogens with zero attached hydrogens (tertiary/aromatic N) is 1. The highest BCUT2D eigenvalue weighted by Crippen LogP contribution is 2.08. The van der Waals surface area contributed by atoms with Gasteiger partial charge in [0.1, 0.15) is 0 Å². The van der Waals surface area contributed by atoms with Crippen LogP contribution in [0.5, 0.6) is 0 Å². The molecule has 0 aliphatic rings. The number of halogens is 2. The van der Waals surface area contributed by atoms with Crippen molar-refractivity contribution in [1.29, 1.82) is 5.41 Å². The van der Waals surface area contributed by atoms with Gasteiger partial charge in [-0.15, -0.1) is 0 Å². The number of nitrogens with one attached hydrogen (secondary N) is 2. The van der Waals surface area contributed by atoms with Crippen LogP contribution in [-0.4, -0.2) is 11.4 Å². The van der Waals surface area contributed by atoms with Crippen LogP contribution in [0.1, 0.15) is 5.56 Å². The molecular formula is C9H9Cl2N3. The lowest BCUT2D eigenvalue weighted by Gasteiger charge is -2.00. The standard InChI is InChI=1S/C9H9Cl2N3/c10-8-3-1-7(2-4-8)6-13-14-9(11)5-12/h1-5,12-13H,6H2. The molecule has 0 fully saturated rings. The first kappa shape index (κ1) is 11.0. The molecule has 0 aliphatic carbocycles. The van der Waals surface area contributed by atoms with Gasteiger partial charge in [-0.1, -0.05) is 35.3 Å². The van der Waals surface area contributed by atoms with Crippen LogP contribution in [-0.2, 0) is 6.54 Å². The lowest BCUT2D eigenvalue weighted by atomic mass is 10.2. The summed E-state index contributed by atoms with van der Waals surface area (Å²) in [6.45, 7) is 0.557. The summed E-state index contributed by atoms with van der Waals surface area (Å²) in [5.74, 6) is 0. The molecule has 0 unspecified atom stereocenters. The molecular weight excluding hydrogens is 221 g/mol. The molecule has 0 bridgehead atoms. The van der Waals surface area contributed by atoms with Crippen molar-refractivity contribution >= 4 is 34.6 Å². The Labute approximate surface area is 92.2 Å². The van der Waals surface area contributed by atoms with Crippen molar-refractivity contribution in [2.75, 3.05) is 0 Å². The minimum absolute atomic E-state index is 0.124. The van der Waals surface area contributed by atoms with E-state index < -0.39 is 0 Å². The molecule has 0 aromatic heterocycles. The van der Waals surface area contributed by atoms with Crippen molar-refractivity contribution in [3.63, 3.8) is 0 Å². The Hall–Kier alpha value is -1.06. The van der Waals surface area contributed by atoms with E-state index in [0.29, 0.717) is 11.6 Å². The molecule has 0 atom stereocenters. The number of hydrogen-bond donors (Lipinski definition) is 2. The molecule has 3 nitrogen and oxygen atoms in total. The summed E-state index contributed by atoms with van der Waals surface area (Å²) < 4.78 is 0. The molecule has 0 aliphatic heterocycles. The van der Waals surface area contributed by atoms with Crippen molar-refractivity contribution in [3.05, 3.63) is 34.9 Å². The SMILES string of the molecule is N=CC(Cl)=NNCc1ccc(Cl)cc1. The second-order valence-corrected chi connectivity index (χ2v) is 3.36. The molecule has 1 rings (SSSR count). The van der Waals surface area contributed by atoms with E-state index in [1.807, 2.05) is 12.1 Å². The van der Waals surface area contributed by atoms with Gasteiger partial charge in [0.05, 0.1) is 12.8 Å². The largest absolute Gasteiger partial charge is 0.305 e. The molecule has 0 amide bonds. The highest BCUT2D eigenvalue weighted by Gasteiger charge is 1.91. The van der Waals surface area contributed by atoms with Gasteiger partial charge < -0.3 is 10.8 Å². The van der Waals surface area contributed by atoms with Gasteiger partial charge in [0.2, 0.25) is 0 Å². The van der Waals surface area contributed by atoms with Gasteiger partial charge in [0.15, 0.2) is 5.17 Å². The van der Waals surface area contributed by atoms with Crippen molar-refractivity contribution in [3.8, 4) is 0 Å². The summed E-state index contributed by atoms with van der Waals surface area (Å²) in [6, 6.07) is 7.40. The van der Waals surface area contributed by atoms with Crippen molar-refractivity contribution in [2.24, 2.45) is 5.10 Å². The Bertz CT molecular complexity index is 332. The molecule has 1 aromatic rings. The van der Waals surface area contributed by atoms with Crippen LogP contribution >= 0.6 is 23.2 Å². The minimum atomic E-state index is 0.124. The first-order chi connectivity index (χ1) is 6.72. The summed E-state index contributed by atoms with van der Waals surface area (Å²) in [6.07, 6.45) is 0.969. The third-order valence-electron chi connectivity index (χ3n) is 1.50. The van der Waals surface area contributed by atoms with Gasteiger partial charge in [-0.3, -0.25) is 0 Å². The summed E-state index contributed by atoms with van der Waals surface area (Å²) in [5.41, 5.74) is 3.78. The lowest BCUT2D eigenvalue weighted by molar-refractivity contribution is 0.748. The van der Waals surface area contributed by atoms with Crippen molar-refractivity contribution < 1.29 is 0 Å². The van der Waals surface area contributed by atoms with Gasteiger partial charge in [0, 0.05) is 5.02 Å². The quantitative estimate of drug-likeness (QED) is 0.606. The van der Waals surface area contributed by atoms with Crippen LogP contribution in [0.3, 0.4) is 0 Å². The third-order valence-corrected chi connectivity index (χ3v) is 1.95. The van der Waals surface area contributed by atoms with Gasteiger partial charge in [0.25, 0.3) is 0 Å². The Kier molecular flexibility index (Phi) is 4.43. The predicted molar refractivity (Wildman–Crippen MR) is 60.4 cm³/mol. The highest BCUT2D eigenvalue weighted by atomic mass is 35.5. The Morgan fingerprint density at radius 1 is 1.43 bits per heavy atom. The topological polar surface area (TPSA) is 48.2 Å². The smallest absolute Gasteiger partial charge is 0.166 e. The maximum absolute atomic E-state index is 6.77. The van der Waals surface area contributed by atoms with Gasteiger partial charge in [-0.05, 0) is 17.7 Å². The van der Waals surface area contributed by atoms with Crippen LogP contribution in [0.4, 0.5) is 0 Å². The third kappa shape index (κ3) is 3.77. The van der Waals surface area contributed by atoms with Gasteiger partial charge in [-0.25, -0.2) is 0 Å². The van der Waals surface area contributed by atoms with Crippen molar-refractivity contribution in [1.82, 2.24) is 5.43 Å². The van der Waals surface area contributed by atoms with Crippen LogP contribution in [0.15, 0.2) is 29.4 Å². The summed E-state index contributed by atoms with van der Waals surface area (Å²) in [5, 5.41) is 11.3. The second kappa shape index (κ2) is 5.62. The number of rotatable bonds is 4. The zero-order valence-corrected chi connectivity index (χ0v) is 8.81. The number of hydrazone groups is 1. The zero-order chi connectivity index (χ0) is 10.4. The molecule has 0 heterocycles. The number of hydrogen-bond acceptors (Lipinski definition) is 3. The Morgan fingerprint density at radius 2 is 2.07 bits per heavy atom. The van der Waals surface area contributed by atoms with Crippen molar-refractivity contribution in [2.45, 2.75) is 6.54 Å². The lowest BCUT2D eigenvalue weighted by Crippen LogP contribution is -2.07. The molecule has 14 heavy (non-hydrogen) atoms. The molecule has 0 spiro atoms. The first-order valence-corrected chi connectivity index (χ1v) is 4.69. The fourth-order valence-electron chi connectivity index (χ4n) is 0.841. The molecule has 0 saturated carbocycles. The second-order valence-electron chi connectivity index (χ2n) is 2.54.